The Morgan fingerprint density at radius 2 is 2.12 bits per heavy atom. The normalized spacial score (nSPS) is 16.8. The highest BCUT2D eigenvalue weighted by atomic mass is 16.5. The summed E-state index contributed by atoms with van der Waals surface area (Å²) >= 11 is 0. The number of piperidine rings is 1. The molecule has 1 aliphatic heterocycles. The predicted octanol–water partition coefficient (Wildman–Crippen LogP) is 1.99. The van der Waals surface area contributed by atoms with Crippen LogP contribution in [-0.2, 0) is 0 Å². The van der Waals surface area contributed by atoms with Gasteiger partial charge in [-0.3, -0.25) is 4.90 Å². The number of nitrogens with zero attached hydrogens (tertiary/aromatic N) is 2. The Kier molecular flexibility index (Phi) is 4.62. The molecule has 4 nitrogen and oxygen atoms in total. The fraction of sp³-hybridized carbons (Fsp3) is 0.615. The number of ether oxygens (including phenoxy) is 1. The highest BCUT2D eigenvalue weighted by Crippen LogP contribution is 2.11. The zero-order valence-electron chi connectivity index (χ0n) is 10.5. The Labute approximate surface area is 103 Å². The van der Waals surface area contributed by atoms with Crippen LogP contribution < -0.4 is 10.1 Å². The third kappa shape index (κ3) is 3.89. The van der Waals surface area contributed by atoms with Crippen molar-refractivity contribution in [3.05, 3.63) is 18.2 Å². The molecule has 2 heterocycles. The van der Waals surface area contributed by atoms with Gasteiger partial charge in [0.2, 0.25) is 5.88 Å². The number of aromatic nitrogens is 1. The molecule has 2 rings (SSSR count). The molecule has 1 saturated heterocycles. The van der Waals surface area contributed by atoms with Crippen molar-refractivity contribution in [1.82, 2.24) is 9.88 Å². The molecule has 1 aliphatic rings. The van der Waals surface area contributed by atoms with Crippen molar-refractivity contribution in [3.8, 4) is 5.88 Å². The van der Waals surface area contributed by atoms with Crippen LogP contribution in [0, 0.1) is 0 Å². The van der Waals surface area contributed by atoms with Crippen LogP contribution in [0.25, 0.3) is 0 Å². The van der Waals surface area contributed by atoms with Gasteiger partial charge >= 0.3 is 0 Å². The largest absolute Gasteiger partial charge is 0.476 e. The molecule has 1 N–H and O–H groups in total. The summed E-state index contributed by atoms with van der Waals surface area (Å²) in [5.41, 5.74) is 0. The van der Waals surface area contributed by atoms with Crippen LogP contribution in [0.5, 0.6) is 5.88 Å². The van der Waals surface area contributed by atoms with Gasteiger partial charge in [0, 0.05) is 19.7 Å². The monoisotopic (exact) mass is 235 g/mol. The van der Waals surface area contributed by atoms with Gasteiger partial charge in [-0.15, -0.1) is 0 Å². The maximum Gasteiger partial charge on any atom is 0.215 e. The lowest BCUT2D eigenvalue weighted by molar-refractivity contribution is 0.180. The minimum absolute atomic E-state index is 0.703. The fourth-order valence-corrected chi connectivity index (χ4v) is 2.10. The first-order valence-electron chi connectivity index (χ1n) is 6.38. The number of nitrogens with one attached hydrogen (secondary N) is 1. The molecule has 0 spiro atoms. The van der Waals surface area contributed by atoms with Gasteiger partial charge in [0.1, 0.15) is 12.4 Å². The van der Waals surface area contributed by atoms with E-state index in [1.54, 1.807) is 0 Å². The van der Waals surface area contributed by atoms with Gasteiger partial charge in [-0.2, -0.15) is 4.98 Å². The lowest BCUT2D eigenvalue weighted by Gasteiger charge is -2.26. The van der Waals surface area contributed by atoms with Crippen LogP contribution in [0.2, 0.25) is 0 Å². The summed E-state index contributed by atoms with van der Waals surface area (Å²) in [6.45, 7) is 4.16. The maximum absolute atomic E-state index is 5.66. The third-order valence-electron chi connectivity index (χ3n) is 3.09. The molecule has 0 aliphatic carbocycles. The molecule has 1 aromatic heterocycles. The molecule has 94 valence electrons. The standard InChI is InChI=1S/C13H21N3O/c1-14-12-6-5-7-13(15-12)17-11-10-16-8-3-2-4-9-16/h5-7H,2-4,8-11H2,1H3,(H,14,15). The molecular weight excluding hydrogens is 214 g/mol. The highest BCUT2D eigenvalue weighted by molar-refractivity contribution is 5.35. The van der Waals surface area contributed by atoms with E-state index in [0.29, 0.717) is 5.88 Å². The van der Waals surface area contributed by atoms with Crippen molar-refractivity contribution in [1.29, 1.82) is 0 Å². The minimum atomic E-state index is 0.703. The van der Waals surface area contributed by atoms with Crippen LogP contribution >= 0.6 is 0 Å². The zero-order valence-corrected chi connectivity index (χ0v) is 10.5. The zero-order chi connectivity index (χ0) is 11.9. The summed E-state index contributed by atoms with van der Waals surface area (Å²) in [4.78, 5) is 6.79. The maximum atomic E-state index is 5.66. The average molecular weight is 235 g/mol. The van der Waals surface area contributed by atoms with Crippen LogP contribution in [0.3, 0.4) is 0 Å². The summed E-state index contributed by atoms with van der Waals surface area (Å²) in [6, 6.07) is 5.78. The first-order valence-corrected chi connectivity index (χ1v) is 6.38. The summed E-state index contributed by atoms with van der Waals surface area (Å²) in [6.07, 6.45) is 4.03. The number of anilines is 1. The predicted molar refractivity (Wildman–Crippen MR) is 69.6 cm³/mol. The SMILES string of the molecule is CNc1cccc(OCCN2CCCCC2)n1. The van der Waals surface area contributed by atoms with Gasteiger partial charge < -0.3 is 10.1 Å². The summed E-state index contributed by atoms with van der Waals surface area (Å²) in [5.74, 6) is 1.55. The quantitative estimate of drug-likeness (QED) is 0.847. The van der Waals surface area contributed by atoms with E-state index in [2.05, 4.69) is 15.2 Å². The second-order valence-electron chi connectivity index (χ2n) is 4.36. The van der Waals surface area contributed by atoms with Gasteiger partial charge in [0.15, 0.2) is 0 Å². The van der Waals surface area contributed by atoms with E-state index < -0.39 is 0 Å². The van der Waals surface area contributed by atoms with E-state index in [0.717, 1.165) is 19.0 Å². The summed E-state index contributed by atoms with van der Waals surface area (Å²) in [7, 11) is 1.86. The topological polar surface area (TPSA) is 37.4 Å². The second-order valence-corrected chi connectivity index (χ2v) is 4.36. The van der Waals surface area contributed by atoms with Gasteiger partial charge in [-0.25, -0.2) is 0 Å². The molecule has 4 heteroatoms. The number of hydrogen-bond donors (Lipinski definition) is 1. The summed E-state index contributed by atoms with van der Waals surface area (Å²) < 4.78 is 5.66. The Morgan fingerprint density at radius 1 is 1.29 bits per heavy atom. The second kappa shape index (κ2) is 6.45. The molecule has 0 saturated carbocycles. The van der Waals surface area contributed by atoms with Crippen molar-refractivity contribution in [2.24, 2.45) is 0 Å². The first-order chi connectivity index (χ1) is 8.38. The van der Waals surface area contributed by atoms with E-state index in [-0.39, 0.29) is 0 Å². The number of hydrogen-bond acceptors (Lipinski definition) is 4. The van der Waals surface area contributed by atoms with Crippen LogP contribution in [0.4, 0.5) is 5.82 Å². The molecule has 0 radical (unpaired) electrons. The Morgan fingerprint density at radius 3 is 2.88 bits per heavy atom. The van der Waals surface area contributed by atoms with E-state index >= 15 is 0 Å². The number of rotatable bonds is 5. The highest BCUT2D eigenvalue weighted by Gasteiger charge is 2.09. The minimum Gasteiger partial charge on any atom is -0.476 e. The third-order valence-corrected chi connectivity index (χ3v) is 3.09. The molecule has 0 atom stereocenters. The van der Waals surface area contributed by atoms with E-state index in [1.807, 2.05) is 25.2 Å². The van der Waals surface area contributed by atoms with Gasteiger partial charge in [0.25, 0.3) is 0 Å². The average Bonchev–Trinajstić information content (AvgIpc) is 2.40. The lowest BCUT2D eigenvalue weighted by Crippen LogP contribution is -2.33. The van der Waals surface area contributed by atoms with Crippen molar-refractivity contribution in [2.45, 2.75) is 19.3 Å². The van der Waals surface area contributed by atoms with Crippen molar-refractivity contribution in [2.75, 3.05) is 38.6 Å². The number of likely N-dealkylation sites (tertiary alicyclic amines) is 1. The number of pyridine rings is 1. The fourth-order valence-electron chi connectivity index (χ4n) is 2.10. The van der Waals surface area contributed by atoms with E-state index in [4.69, 9.17) is 4.74 Å². The van der Waals surface area contributed by atoms with E-state index in [9.17, 15) is 0 Å². The Hall–Kier alpha value is -1.29. The lowest BCUT2D eigenvalue weighted by atomic mass is 10.1. The smallest absolute Gasteiger partial charge is 0.215 e. The molecule has 17 heavy (non-hydrogen) atoms. The van der Waals surface area contributed by atoms with Crippen LogP contribution in [-0.4, -0.2) is 43.2 Å². The molecule has 0 unspecified atom stereocenters. The van der Waals surface area contributed by atoms with Gasteiger partial charge in [-0.1, -0.05) is 12.5 Å². The molecule has 0 aromatic carbocycles. The van der Waals surface area contributed by atoms with Gasteiger partial charge in [0.05, 0.1) is 0 Å². The van der Waals surface area contributed by atoms with Crippen molar-refractivity contribution >= 4 is 5.82 Å². The Balaban J connectivity index is 1.73. The van der Waals surface area contributed by atoms with Crippen molar-refractivity contribution < 1.29 is 4.74 Å². The van der Waals surface area contributed by atoms with Crippen LogP contribution in [0.1, 0.15) is 19.3 Å². The van der Waals surface area contributed by atoms with Crippen molar-refractivity contribution in [3.63, 3.8) is 0 Å². The van der Waals surface area contributed by atoms with E-state index in [1.165, 1.54) is 32.4 Å². The molecule has 0 bridgehead atoms. The molecule has 0 amide bonds. The molecule has 1 fully saturated rings. The van der Waals surface area contributed by atoms with Gasteiger partial charge in [-0.05, 0) is 32.0 Å². The molecular formula is C13H21N3O. The summed E-state index contributed by atoms with van der Waals surface area (Å²) in [5, 5.41) is 3.01. The Bertz CT molecular complexity index is 337. The molecule has 1 aromatic rings. The first kappa shape index (κ1) is 12.2. The van der Waals surface area contributed by atoms with Crippen LogP contribution in [0.15, 0.2) is 18.2 Å².